The summed E-state index contributed by atoms with van der Waals surface area (Å²) in [5, 5.41) is 26.0. The maximum absolute atomic E-state index is 9.77. The first-order valence-corrected chi connectivity index (χ1v) is 13.0. The summed E-state index contributed by atoms with van der Waals surface area (Å²) in [6, 6.07) is 11.1. The predicted octanol–water partition coefficient (Wildman–Crippen LogP) is 3.97. The molecule has 2 unspecified atom stereocenters. The molecule has 0 bridgehead atoms. The van der Waals surface area contributed by atoms with Gasteiger partial charge in [-0.2, -0.15) is 5.26 Å². The van der Waals surface area contributed by atoms with Crippen molar-refractivity contribution in [2.45, 2.75) is 50.6 Å². The molecule has 3 aromatic rings. The minimum atomic E-state index is -0.0461. The summed E-state index contributed by atoms with van der Waals surface area (Å²) in [7, 11) is 0. The summed E-state index contributed by atoms with van der Waals surface area (Å²) in [4.78, 5) is 16.3. The summed E-state index contributed by atoms with van der Waals surface area (Å²) in [5.74, 6) is 0.921. The zero-order chi connectivity index (χ0) is 25.4. The van der Waals surface area contributed by atoms with E-state index in [0.29, 0.717) is 42.3 Å². The third-order valence-corrected chi connectivity index (χ3v) is 7.51. The number of aryl methyl sites for hydroxylation is 1. The van der Waals surface area contributed by atoms with Crippen LogP contribution in [0.5, 0.6) is 5.88 Å². The number of ether oxygens (including phenoxy) is 1. The normalized spacial score (nSPS) is 20.8. The van der Waals surface area contributed by atoms with E-state index in [1.54, 1.807) is 6.20 Å². The molecular formula is C28H31N7O2. The lowest BCUT2D eigenvalue weighted by Gasteiger charge is -2.24. The summed E-state index contributed by atoms with van der Waals surface area (Å²) < 4.78 is 6.24. The number of nitrogens with zero attached hydrogens (tertiary/aromatic N) is 5. The van der Waals surface area contributed by atoms with Gasteiger partial charge in [0.15, 0.2) is 0 Å². The van der Waals surface area contributed by atoms with Crippen molar-refractivity contribution in [2.75, 3.05) is 36.9 Å². The molecule has 9 heteroatoms. The van der Waals surface area contributed by atoms with Crippen LogP contribution in [0.15, 0.2) is 36.7 Å². The molecule has 0 radical (unpaired) electrons. The van der Waals surface area contributed by atoms with Crippen molar-refractivity contribution in [3.8, 4) is 23.2 Å². The van der Waals surface area contributed by atoms with E-state index >= 15 is 0 Å². The Bertz CT molecular complexity index is 1350. The highest BCUT2D eigenvalue weighted by molar-refractivity contribution is 5.75. The molecule has 1 saturated heterocycles. The number of hydrogen-bond donors (Lipinski definition) is 3. The van der Waals surface area contributed by atoms with Crippen molar-refractivity contribution in [3.63, 3.8) is 0 Å². The Kier molecular flexibility index (Phi) is 6.37. The number of anilines is 3. The van der Waals surface area contributed by atoms with Crippen LogP contribution in [0.3, 0.4) is 0 Å². The Hall–Kier alpha value is -3.74. The maximum atomic E-state index is 9.77. The number of pyridine rings is 1. The third-order valence-electron chi connectivity index (χ3n) is 7.51. The van der Waals surface area contributed by atoms with Gasteiger partial charge in [0.1, 0.15) is 18.4 Å². The van der Waals surface area contributed by atoms with Crippen LogP contribution in [-0.4, -0.2) is 63.3 Å². The van der Waals surface area contributed by atoms with Crippen molar-refractivity contribution in [1.82, 2.24) is 19.9 Å². The highest BCUT2D eigenvalue weighted by Gasteiger charge is 2.37. The van der Waals surface area contributed by atoms with E-state index < -0.39 is 0 Å². The van der Waals surface area contributed by atoms with Crippen molar-refractivity contribution in [2.24, 2.45) is 0 Å². The lowest BCUT2D eigenvalue weighted by Crippen LogP contribution is -2.35. The van der Waals surface area contributed by atoms with E-state index in [9.17, 15) is 10.4 Å². The summed E-state index contributed by atoms with van der Waals surface area (Å²) in [6.45, 7) is 4.41. The van der Waals surface area contributed by atoms with Crippen molar-refractivity contribution < 1.29 is 9.84 Å². The van der Waals surface area contributed by atoms with Crippen LogP contribution in [-0.2, 0) is 0 Å². The summed E-state index contributed by atoms with van der Waals surface area (Å²) >= 11 is 0. The molecular weight excluding hydrogens is 466 g/mol. The van der Waals surface area contributed by atoms with Crippen molar-refractivity contribution >= 4 is 17.3 Å². The molecule has 2 aromatic heterocycles. The smallest absolute Gasteiger partial charge is 0.237 e. The number of likely N-dealkylation sites (tertiary alicyclic amines) is 1. The number of aliphatic hydroxyl groups is 1. The highest BCUT2D eigenvalue weighted by Crippen LogP contribution is 2.38. The quantitative estimate of drug-likeness (QED) is 0.425. The van der Waals surface area contributed by atoms with Gasteiger partial charge in [-0.3, -0.25) is 4.90 Å². The fraction of sp³-hybridized carbons (Fsp3) is 0.429. The van der Waals surface area contributed by atoms with Crippen LogP contribution < -0.4 is 15.4 Å². The molecule has 1 saturated carbocycles. The van der Waals surface area contributed by atoms with Gasteiger partial charge in [0, 0.05) is 42.5 Å². The molecule has 2 aliphatic heterocycles. The Balaban J connectivity index is 1.24. The van der Waals surface area contributed by atoms with E-state index in [-0.39, 0.29) is 12.5 Å². The van der Waals surface area contributed by atoms with Gasteiger partial charge in [-0.25, -0.2) is 15.0 Å². The molecule has 190 valence electrons. The molecule has 2 fully saturated rings. The second kappa shape index (κ2) is 9.96. The van der Waals surface area contributed by atoms with Crippen LogP contribution >= 0.6 is 0 Å². The highest BCUT2D eigenvalue weighted by atomic mass is 16.5. The van der Waals surface area contributed by atoms with Gasteiger partial charge in [-0.1, -0.05) is 0 Å². The lowest BCUT2D eigenvalue weighted by atomic mass is 9.96. The number of nitriles is 1. The summed E-state index contributed by atoms with van der Waals surface area (Å²) in [6.07, 6.45) is 8.50. The van der Waals surface area contributed by atoms with Gasteiger partial charge >= 0.3 is 0 Å². The van der Waals surface area contributed by atoms with Crippen LogP contribution in [0.2, 0.25) is 0 Å². The second-order valence-electron chi connectivity index (χ2n) is 10.2. The molecule has 0 amide bonds. The van der Waals surface area contributed by atoms with Gasteiger partial charge in [0.25, 0.3) is 0 Å². The first-order valence-electron chi connectivity index (χ1n) is 13.0. The Morgan fingerprint density at radius 3 is 2.95 bits per heavy atom. The Morgan fingerprint density at radius 2 is 2.14 bits per heavy atom. The number of fused-ring (bicyclic) bond motifs is 1. The summed E-state index contributed by atoms with van der Waals surface area (Å²) in [5.41, 5.74) is 5.51. The molecule has 1 aromatic carbocycles. The van der Waals surface area contributed by atoms with Crippen LogP contribution in [0.25, 0.3) is 11.3 Å². The molecule has 37 heavy (non-hydrogen) atoms. The van der Waals surface area contributed by atoms with Crippen molar-refractivity contribution in [1.29, 1.82) is 5.26 Å². The standard InChI is InChI=1S/C28H31N7O2/c1-17-9-25(27(32-13-17)37-16-22-3-2-8-35(22)21-4-5-21)34-28-30-7-6-24(33-28)18-10-19(12-29)26-23(11-18)20(15-36)14-31-26/h6-7,9-11,13,20-22,31,36H,2-5,8,14-16H2,1H3,(H,30,33,34). The van der Waals surface area contributed by atoms with Crippen LogP contribution in [0, 0.1) is 18.3 Å². The molecule has 9 nitrogen and oxygen atoms in total. The number of benzene rings is 1. The molecule has 6 rings (SSSR count). The second-order valence-corrected chi connectivity index (χ2v) is 10.2. The van der Waals surface area contributed by atoms with Gasteiger partial charge in [-0.15, -0.1) is 0 Å². The van der Waals surface area contributed by atoms with E-state index in [1.165, 1.54) is 19.3 Å². The fourth-order valence-corrected chi connectivity index (χ4v) is 5.48. The first kappa shape index (κ1) is 23.6. The van der Waals surface area contributed by atoms with Gasteiger partial charge in [0.05, 0.1) is 23.6 Å². The van der Waals surface area contributed by atoms with Gasteiger partial charge in [-0.05, 0) is 74.5 Å². The van der Waals surface area contributed by atoms with Crippen LogP contribution in [0.1, 0.15) is 48.3 Å². The lowest BCUT2D eigenvalue weighted by molar-refractivity contribution is 0.163. The average molecular weight is 498 g/mol. The third kappa shape index (κ3) is 4.82. The zero-order valence-corrected chi connectivity index (χ0v) is 20.9. The Morgan fingerprint density at radius 1 is 1.24 bits per heavy atom. The molecule has 0 spiro atoms. The fourth-order valence-electron chi connectivity index (χ4n) is 5.48. The monoisotopic (exact) mass is 497 g/mol. The minimum absolute atomic E-state index is 0.0211. The van der Waals surface area contributed by atoms with E-state index in [4.69, 9.17) is 9.72 Å². The van der Waals surface area contributed by atoms with Crippen molar-refractivity contribution in [3.05, 3.63) is 53.3 Å². The largest absolute Gasteiger partial charge is 0.475 e. The van der Waals surface area contributed by atoms with Gasteiger partial charge < -0.3 is 20.5 Å². The molecule has 2 atom stereocenters. The van der Waals surface area contributed by atoms with Crippen LogP contribution in [0.4, 0.5) is 17.3 Å². The SMILES string of the molecule is Cc1cnc(OCC2CCCN2C2CC2)c(Nc2nccc(-c3cc(C#N)c4c(c3)C(CO)CN4)n2)c1. The van der Waals surface area contributed by atoms with E-state index in [2.05, 4.69) is 31.6 Å². The average Bonchev–Trinajstić information content (AvgIpc) is 3.50. The molecule has 3 N–H and O–H groups in total. The maximum Gasteiger partial charge on any atom is 0.237 e. The predicted molar refractivity (Wildman–Crippen MR) is 141 cm³/mol. The number of rotatable bonds is 8. The first-order chi connectivity index (χ1) is 18.1. The number of nitrogens with one attached hydrogen (secondary N) is 2. The molecule has 4 heterocycles. The zero-order valence-electron chi connectivity index (χ0n) is 20.9. The Labute approximate surface area is 216 Å². The number of hydrogen-bond acceptors (Lipinski definition) is 9. The number of aliphatic hydroxyl groups excluding tert-OH is 1. The van der Waals surface area contributed by atoms with E-state index in [0.717, 1.165) is 47.1 Å². The van der Waals surface area contributed by atoms with E-state index in [1.807, 2.05) is 37.4 Å². The van der Waals surface area contributed by atoms with Gasteiger partial charge in [0.2, 0.25) is 11.8 Å². The minimum Gasteiger partial charge on any atom is -0.475 e. The molecule has 3 aliphatic rings. The topological polar surface area (TPSA) is 119 Å². The molecule has 1 aliphatic carbocycles. The number of aromatic nitrogens is 3.